The molecule has 0 saturated carbocycles. The second kappa shape index (κ2) is 9.09. The minimum atomic E-state index is -0.824. The van der Waals surface area contributed by atoms with Crippen LogP contribution in [0.3, 0.4) is 0 Å². The molecule has 3 atom stereocenters. The number of hydrogen-bond acceptors (Lipinski definition) is 7. The molecule has 162 valence electrons. The Hall–Kier alpha value is -2.52. The third kappa shape index (κ3) is 4.96. The number of rotatable bonds is 7. The summed E-state index contributed by atoms with van der Waals surface area (Å²) in [6.45, 7) is 5.43. The van der Waals surface area contributed by atoms with Crippen LogP contribution < -0.4 is 10.1 Å². The molecular weight excluding hydrogens is 408 g/mol. The Bertz CT molecular complexity index is 836. The Balaban J connectivity index is 1.65. The van der Waals surface area contributed by atoms with Crippen LogP contribution in [-0.2, 0) is 23.9 Å². The van der Waals surface area contributed by atoms with E-state index in [-0.39, 0.29) is 17.9 Å². The van der Waals surface area contributed by atoms with Gasteiger partial charge >= 0.3 is 5.97 Å². The van der Waals surface area contributed by atoms with Gasteiger partial charge in [0.05, 0.1) is 6.61 Å². The highest BCUT2D eigenvalue weighted by Crippen LogP contribution is 2.47. The minimum Gasteiger partial charge on any atom is -0.484 e. The van der Waals surface area contributed by atoms with E-state index >= 15 is 0 Å². The largest absolute Gasteiger partial charge is 0.484 e. The topological polar surface area (TPSA) is 94.2 Å². The van der Waals surface area contributed by atoms with Crippen LogP contribution in [0, 0.1) is 0 Å². The van der Waals surface area contributed by atoms with Gasteiger partial charge in [0.2, 0.25) is 5.91 Å². The molecule has 0 radical (unpaired) electrons. The lowest BCUT2D eigenvalue weighted by atomic mass is 10.0. The number of hydrogen-bond donors (Lipinski definition) is 1. The van der Waals surface area contributed by atoms with Crippen LogP contribution in [0.15, 0.2) is 41.3 Å². The molecule has 0 aromatic heterocycles. The minimum absolute atomic E-state index is 0.201. The Morgan fingerprint density at radius 1 is 1.23 bits per heavy atom. The van der Waals surface area contributed by atoms with Gasteiger partial charge in [0, 0.05) is 12.0 Å². The number of esters is 1. The molecule has 0 spiro atoms. The van der Waals surface area contributed by atoms with E-state index in [0.717, 1.165) is 0 Å². The van der Waals surface area contributed by atoms with Crippen LogP contribution in [-0.4, -0.2) is 66.1 Å². The average molecular weight is 435 g/mol. The van der Waals surface area contributed by atoms with Gasteiger partial charge in [0.1, 0.15) is 22.8 Å². The van der Waals surface area contributed by atoms with Gasteiger partial charge in [0.15, 0.2) is 12.6 Å². The maximum absolute atomic E-state index is 12.7. The molecule has 2 amide bonds. The van der Waals surface area contributed by atoms with Crippen molar-refractivity contribution in [1.82, 2.24) is 10.2 Å². The number of nitrogens with zero attached hydrogens (tertiary/aromatic N) is 1. The lowest BCUT2D eigenvalue weighted by Gasteiger charge is -2.43. The van der Waals surface area contributed by atoms with Gasteiger partial charge < -0.3 is 24.4 Å². The number of ether oxygens (including phenoxy) is 3. The molecule has 9 heteroatoms. The van der Waals surface area contributed by atoms with E-state index in [0.29, 0.717) is 17.3 Å². The number of carbonyl (C=O) groups is 3. The van der Waals surface area contributed by atoms with E-state index in [1.54, 1.807) is 58.2 Å². The number of thioether (sulfide) groups is 1. The number of fused-ring (bicyclic) bond motifs is 1. The van der Waals surface area contributed by atoms with Crippen LogP contribution >= 0.6 is 11.8 Å². The van der Waals surface area contributed by atoms with Gasteiger partial charge in [-0.1, -0.05) is 18.2 Å². The molecule has 1 aromatic rings. The highest BCUT2D eigenvalue weighted by atomic mass is 32.2. The monoisotopic (exact) mass is 434 g/mol. The summed E-state index contributed by atoms with van der Waals surface area (Å²) in [7, 11) is 1.55. The number of para-hydroxylation sites is 1. The zero-order valence-electron chi connectivity index (χ0n) is 17.4. The van der Waals surface area contributed by atoms with E-state index in [4.69, 9.17) is 14.2 Å². The summed E-state index contributed by atoms with van der Waals surface area (Å²) in [5, 5.41) is 2.33. The van der Waals surface area contributed by atoms with Gasteiger partial charge in [-0.3, -0.25) is 9.59 Å². The van der Waals surface area contributed by atoms with E-state index in [9.17, 15) is 14.4 Å². The molecule has 3 rings (SSSR count). The molecule has 1 N–H and O–H groups in total. The summed E-state index contributed by atoms with van der Waals surface area (Å²) in [6.07, 6.45) is 1.77. The maximum atomic E-state index is 12.7. The summed E-state index contributed by atoms with van der Waals surface area (Å²) in [5.74, 6) is -0.651. The molecule has 2 unspecified atom stereocenters. The SMILES string of the molecule is COCC=C1SC2C(NC(=O)COc3ccccc3)C(=O)N2[C@@H]1C(=O)OC(C)(C)C. The zero-order valence-corrected chi connectivity index (χ0v) is 18.2. The summed E-state index contributed by atoms with van der Waals surface area (Å²) in [5.41, 5.74) is -0.678. The molecule has 0 aliphatic carbocycles. The number of β-lactam (4-membered cyclic amide) rings is 1. The van der Waals surface area contributed by atoms with Crippen LogP contribution in [0.4, 0.5) is 0 Å². The summed E-state index contributed by atoms with van der Waals surface area (Å²) in [6, 6.07) is 7.40. The standard InChI is InChI=1S/C21H26N2O6S/c1-21(2,3)29-20(26)17-14(10-11-27-4)30-19-16(18(25)23(17)19)22-15(24)12-28-13-8-6-5-7-9-13/h5-10,16-17,19H,11-12H2,1-4H3,(H,22,24)/t16?,17-,19?/m0/s1. The Kier molecular flexibility index (Phi) is 6.72. The highest BCUT2D eigenvalue weighted by Gasteiger charge is 2.60. The van der Waals surface area contributed by atoms with Crippen LogP contribution in [0.5, 0.6) is 5.75 Å². The van der Waals surface area contributed by atoms with Crippen molar-refractivity contribution in [2.45, 2.75) is 43.8 Å². The summed E-state index contributed by atoms with van der Waals surface area (Å²) < 4.78 is 16.0. The molecule has 1 aromatic carbocycles. The third-order valence-corrected chi connectivity index (χ3v) is 5.80. The third-order valence-electron chi connectivity index (χ3n) is 4.40. The first-order valence-electron chi connectivity index (χ1n) is 9.59. The van der Waals surface area contributed by atoms with Crippen molar-refractivity contribution in [3.05, 3.63) is 41.3 Å². The molecule has 2 fully saturated rings. The van der Waals surface area contributed by atoms with Gasteiger partial charge in [0.25, 0.3) is 5.91 Å². The second-order valence-corrected chi connectivity index (χ2v) is 9.09. The maximum Gasteiger partial charge on any atom is 0.334 e. The number of carbonyl (C=O) groups excluding carboxylic acids is 3. The molecule has 2 aliphatic heterocycles. The fourth-order valence-electron chi connectivity index (χ4n) is 3.15. The number of amides is 2. The normalized spacial score (nSPS) is 24.3. The molecule has 2 aliphatic rings. The lowest BCUT2D eigenvalue weighted by molar-refractivity contribution is -0.168. The molecule has 30 heavy (non-hydrogen) atoms. The first-order chi connectivity index (χ1) is 14.2. The van der Waals surface area contributed by atoms with Crippen molar-refractivity contribution in [3.63, 3.8) is 0 Å². The number of benzene rings is 1. The predicted octanol–water partition coefficient (Wildman–Crippen LogP) is 1.71. The lowest BCUT2D eigenvalue weighted by Crippen LogP contribution is -2.70. The molecule has 8 nitrogen and oxygen atoms in total. The molecule has 2 saturated heterocycles. The van der Waals surface area contributed by atoms with Crippen molar-refractivity contribution in [1.29, 1.82) is 0 Å². The fraction of sp³-hybridized carbons (Fsp3) is 0.476. The van der Waals surface area contributed by atoms with Crippen molar-refractivity contribution < 1.29 is 28.6 Å². The van der Waals surface area contributed by atoms with Gasteiger partial charge in [-0.2, -0.15) is 0 Å². The molecule has 2 heterocycles. The summed E-state index contributed by atoms with van der Waals surface area (Å²) in [4.78, 5) is 39.9. The van der Waals surface area contributed by atoms with Crippen molar-refractivity contribution in [3.8, 4) is 5.75 Å². The highest BCUT2D eigenvalue weighted by molar-refractivity contribution is 8.04. The average Bonchev–Trinajstić information content (AvgIpc) is 3.04. The van der Waals surface area contributed by atoms with Gasteiger partial charge in [-0.05, 0) is 39.0 Å². The quantitative estimate of drug-likeness (QED) is 0.516. The van der Waals surface area contributed by atoms with E-state index in [1.165, 1.54) is 16.7 Å². The van der Waals surface area contributed by atoms with Crippen molar-refractivity contribution in [2.24, 2.45) is 0 Å². The summed E-state index contributed by atoms with van der Waals surface area (Å²) >= 11 is 1.36. The first-order valence-corrected chi connectivity index (χ1v) is 10.5. The Labute approximate surface area is 179 Å². The molecule has 0 bridgehead atoms. The Morgan fingerprint density at radius 2 is 1.93 bits per heavy atom. The van der Waals surface area contributed by atoms with E-state index in [1.807, 2.05) is 6.07 Å². The smallest absolute Gasteiger partial charge is 0.334 e. The molecular formula is C21H26N2O6S. The fourth-order valence-corrected chi connectivity index (χ4v) is 4.59. The van der Waals surface area contributed by atoms with Crippen LogP contribution in [0.1, 0.15) is 20.8 Å². The van der Waals surface area contributed by atoms with E-state index in [2.05, 4.69) is 5.32 Å². The van der Waals surface area contributed by atoms with Crippen molar-refractivity contribution in [2.75, 3.05) is 20.3 Å². The number of nitrogens with one attached hydrogen (secondary N) is 1. The second-order valence-electron chi connectivity index (χ2n) is 7.90. The van der Waals surface area contributed by atoms with Gasteiger partial charge in [-0.15, -0.1) is 11.8 Å². The van der Waals surface area contributed by atoms with E-state index < -0.39 is 29.6 Å². The van der Waals surface area contributed by atoms with Crippen LogP contribution in [0.25, 0.3) is 0 Å². The van der Waals surface area contributed by atoms with Crippen LogP contribution in [0.2, 0.25) is 0 Å². The predicted molar refractivity (Wildman–Crippen MR) is 112 cm³/mol. The first kappa shape index (κ1) is 22.2. The van der Waals surface area contributed by atoms with Crippen molar-refractivity contribution >= 4 is 29.5 Å². The number of methoxy groups -OCH3 is 1. The van der Waals surface area contributed by atoms with Gasteiger partial charge in [-0.25, -0.2) is 4.79 Å². The zero-order chi connectivity index (χ0) is 21.9. The Morgan fingerprint density at radius 3 is 2.57 bits per heavy atom.